The van der Waals surface area contributed by atoms with Crippen molar-refractivity contribution in [2.75, 3.05) is 32.8 Å². The molecule has 2 aliphatic heterocycles. The minimum absolute atomic E-state index is 0.441. The van der Waals surface area contributed by atoms with Crippen LogP contribution in [0, 0.1) is 0 Å². The number of carbonyl (C=O) groups excluding carboxylic acids is 2. The fraction of sp³-hybridized carbons (Fsp3) is 0.846. The number of unbranched alkanes of at least 4 members (excludes halogenated alkanes) is 1. The number of rotatable bonds is 3. The van der Waals surface area contributed by atoms with E-state index in [1.165, 1.54) is 0 Å². The maximum atomic E-state index is 11.9. The molecule has 0 aromatic rings. The molecule has 0 atom stereocenters. The van der Waals surface area contributed by atoms with Crippen molar-refractivity contribution in [1.29, 1.82) is 0 Å². The quantitative estimate of drug-likeness (QED) is 0.590. The van der Waals surface area contributed by atoms with Gasteiger partial charge in [0, 0.05) is 32.5 Å². The van der Waals surface area contributed by atoms with Crippen LogP contribution in [-0.2, 0) is 19.1 Å². The van der Waals surface area contributed by atoms with E-state index in [9.17, 15) is 9.59 Å². The van der Waals surface area contributed by atoms with Crippen LogP contribution in [0.2, 0.25) is 0 Å². The summed E-state index contributed by atoms with van der Waals surface area (Å²) in [5, 5.41) is 2.65. The number of nitrogens with zero attached hydrogens (tertiary/aromatic N) is 1. The smallest absolute Gasteiger partial charge is 0.311 e. The third-order valence-corrected chi connectivity index (χ3v) is 3.64. The lowest BCUT2D eigenvalue weighted by Crippen LogP contribution is -2.51. The van der Waals surface area contributed by atoms with Crippen LogP contribution < -0.4 is 5.32 Å². The zero-order valence-electron chi connectivity index (χ0n) is 11.4. The fourth-order valence-corrected chi connectivity index (χ4v) is 2.43. The molecule has 2 heterocycles. The predicted molar refractivity (Wildman–Crippen MR) is 68.4 cm³/mol. The van der Waals surface area contributed by atoms with Crippen molar-refractivity contribution in [3.8, 4) is 0 Å². The zero-order chi connectivity index (χ0) is 13.7. The molecule has 0 radical (unpaired) electrons. The van der Waals surface area contributed by atoms with Crippen LogP contribution in [0.1, 0.15) is 32.6 Å². The molecule has 2 rings (SSSR count). The molecule has 0 unspecified atom stereocenters. The Balaban J connectivity index is 1.77. The van der Waals surface area contributed by atoms with Gasteiger partial charge in [0.2, 0.25) is 0 Å². The Labute approximate surface area is 113 Å². The van der Waals surface area contributed by atoms with Gasteiger partial charge in [-0.05, 0) is 6.42 Å². The van der Waals surface area contributed by atoms with E-state index in [2.05, 4.69) is 5.32 Å². The lowest BCUT2D eigenvalue weighted by atomic mass is 10.0. The van der Waals surface area contributed by atoms with Crippen molar-refractivity contribution >= 4 is 11.8 Å². The Hall–Kier alpha value is -1.14. The number of likely N-dealkylation sites (tertiary alicyclic amines) is 1. The van der Waals surface area contributed by atoms with Gasteiger partial charge in [-0.2, -0.15) is 0 Å². The lowest BCUT2D eigenvalue weighted by molar-refractivity contribution is -0.188. The van der Waals surface area contributed by atoms with Crippen molar-refractivity contribution in [3.05, 3.63) is 0 Å². The van der Waals surface area contributed by atoms with E-state index in [1.807, 2.05) is 6.92 Å². The van der Waals surface area contributed by atoms with Crippen LogP contribution in [0.15, 0.2) is 0 Å². The van der Waals surface area contributed by atoms with Gasteiger partial charge in [-0.3, -0.25) is 9.59 Å². The number of nitrogens with one attached hydrogen (secondary N) is 1. The van der Waals surface area contributed by atoms with Crippen molar-refractivity contribution in [2.45, 2.75) is 38.4 Å². The summed E-state index contributed by atoms with van der Waals surface area (Å²) in [5.41, 5.74) is 0. The molecular formula is C13H22N2O4. The number of hydrogen-bond acceptors (Lipinski definition) is 4. The summed E-state index contributed by atoms with van der Waals surface area (Å²) in [5.74, 6) is -1.45. The molecule has 19 heavy (non-hydrogen) atoms. The molecule has 2 saturated heterocycles. The standard InChI is InChI=1S/C13H22N2O4/c1-2-3-6-14-11(16)12(17)15-7-4-13(5-8-15)18-9-10-19-13/h2-10H2,1H3,(H,14,16). The second kappa shape index (κ2) is 6.34. The molecule has 0 aromatic heterocycles. The zero-order valence-corrected chi connectivity index (χ0v) is 11.4. The molecule has 6 heteroatoms. The SMILES string of the molecule is CCCCNC(=O)C(=O)N1CCC2(CC1)OCCO2. The van der Waals surface area contributed by atoms with Gasteiger partial charge in [0.05, 0.1) is 13.2 Å². The van der Waals surface area contributed by atoms with E-state index < -0.39 is 17.6 Å². The van der Waals surface area contributed by atoms with Crippen LogP contribution >= 0.6 is 0 Å². The summed E-state index contributed by atoms with van der Waals surface area (Å²) in [6.45, 7) is 4.86. The van der Waals surface area contributed by atoms with Crippen molar-refractivity contribution in [1.82, 2.24) is 10.2 Å². The van der Waals surface area contributed by atoms with Gasteiger partial charge in [-0.25, -0.2) is 0 Å². The fourth-order valence-electron chi connectivity index (χ4n) is 2.43. The molecule has 1 N–H and O–H groups in total. The first kappa shape index (κ1) is 14.3. The van der Waals surface area contributed by atoms with E-state index >= 15 is 0 Å². The van der Waals surface area contributed by atoms with Crippen molar-refractivity contribution < 1.29 is 19.1 Å². The Kier molecular flexibility index (Phi) is 4.76. The van der Waals surface area contributed by atoms with Gasteiger partial charge >= 0.3 is 11.8 Å². The average molecular weight is 270 g/mol. The largest absolute Gasteiger partial charge is 0.348 e. The van der Waals surface area contributed by atoms with E-state index in [-0.39, 0.29) is 0 Å². The summed E-state index contributed by atoms with van der Waals surface area (Å²) in [6.07, 6.45) is 3.17. The third-order valence-electron chi connectivity index (χ3n) is 3.64. The minimum atomic E-state index is -0.504. The Morgan fingerprint density at radius 1 is 1.21 bits per heavy atom. The average Bonchev–Trinajstić information content (AvgIpc) is 2.87. The molecule has 0 aromatic carbocycles. The first-order chi connectivity index (χ1) is 9.17. The van der Waals surface area contributed by atoms with Crippen molar-refractivity contribution in [2.24, 2.45) is 0 Å². The molecule has 2 aliphatic rings. The summed E-state index contributed by atoms with van der Waals surface area (Å²) < 4.78 is 11.2. The highest BCUT2D eigenvalue weighted by atomic mass is 16.7. The second-order valence-corrected chi connectivity index (χ2v) is 5.01. The van der Waals surface area contributed by atoms with E-state index in [0.29, 0.717) is 45.7 Å². The highest BCUT2D eigenvalue weighted by molar-refractivity contribution is 6.35. The molecule has 0 aliphatic carbocycles. The molecule has 0 bridgehead atoms. The molecule has 2 amide bonds. The van der Waals surface area contributed by atoms with Crippen molar-refractivity contribution in [3.63, 3.8) is 0 Å². The van der Waals surface area contributed by atoms with Crippen LogP contribution in [0.5, 0.6) is 0 Å². The second-order valence-electron chi connectivity index (χ2n) is 5.01. The van der Waals surface area contributed by atoms with Gasteiger partial charge in [0.1, 0.15) is 0 Å². The van der Waals surface area contributed by atoms with Gasteiger partial charge < -0.3 is 19.7 Å². The molecular weight excluding hydrogens is 248 g/mol. The molecule has 6 nitrogen and oxygen atoms in total. The summed E-state index contributed by atoms with van der Waals surface area (Å²) in [7, 11) is 0. The van der Waals surface area contributed by atoms with Crippen LogP contribution in [-0.4, -0.2) is 55.3 Å². The topological polar surface area (TPSA) is 67.9 Å². The van der Waals surface area contributed by atoms with E-state index in [4.69, 9.17) is 9.47 Å². The van der Waals surface area contributed by atoms with Crippen LogP contribution in [0.3, 0.4) is 0 Å². The maximum Gasteiger partial charge on any atom is 0.311 e. The van der Waals surface area contributed by atoms with Gasteiger partial charge in [-0.1, -0.05) is 13.3 Å². The first-order valence-corrected chi connectivity index (χ1v) is 7.02. The van der Waals surface area contributed by atoms with Gasteiger partial charge in [-0.15, -0.1) is 0 Å². The Bertz CT molecular complexity index is 330. The summed E-state index contributed by atoms with van der Waals surface area (Å²) in [6, 6.07) is 0. The van der Waals surface area contributed by atoms with Gasteiger partial charge in [0.15, 0.2) is 5.79 Å². The maximum absolute atomic E-state index is 11.9. The number of amides is 2. The molecule has 1 spiro atoms. The lowest BCUT2D eigenvalue weighted by Gasteiger charge is -2.37. The molecule has 0 saturated carbocycles. The Morgan fingerprint density at radius 3 is 2.42 bits per heavy atom. The van der Waals surface area contributed by atoms with Crippen LogP contribution in [0.25, 0.3) is 0 Å². The third kappa shape index (κ3) is 3.45. The normalized spacial score (nSPS) is 21.6. The molecule has 108 valence electrons. The number of piperidine rings is 1. The van der Waals surface area contributed by atoms with Crippen LogP contribution in [0.4, 0.5) is 0 Å². The minimum Gasteiger partial charge on any atom is -0.348 e. The Morgan fingerprint density at radius 2 is 1.84 bits per heavy atom. The van der Waals surface area contributed by atoms with Gasteiger partial charge in [0.25, 0.3) is 0 Å². The number of carbonyl (C=O) groups is 2. The first-order valence-electron chi connectivity index (χ1n) is 7.02. The summed E-state index contributed by atoms with van der Waals surface area (Å²) >= 11 is 0. The monoisotopic (exact) mass is 270 g/mol. The van der Waals surface area contributed by atoms with E-state index in [0.717, 1.165) is 12.8 Å². The predicted octanol–water partition coefficient (Wildman–Crippen LogP) is 0.268. The highest BCUT2D eigenvalue weighted by Gasteiger charge is 2.41. The number of hydrogen-bond donors (Lipinski definition) is 1. The summed E-state index contributed by atoms with van der Waals surface area (Å²) in [4.78, 5) is 25.2. The van der Waals surface area contributed by atoms with E-state index in [1.54, 1.807) is 4.90 Å². The highest BCUT2D eigenvalue weighted by Crippen LogP contribution is 2.31. The number of ether oxygens (including phenoxy) is 2. The molecule has 2 fully saturated rings.